The molecule has 2 N–H and O–H groups in total. The van der Waals surface area contributed by atoms with Crippen LogP contribution in [-0.4, -0.2) is 35.1 Å². The second-order valence-corrected chi connectivity index (χ2v) is 17.8. The number of rotatable bonds is 6. The van der Waals surface area contributed by atoms with Gasteiger partial charge in [-0.15, -0.1) is 17.4 Å². The van der Waals surface area contributed by atoms with Crippen molar-refractivity contribution in [1.82, 2.24) is 0 Å². The van der Waals surface area contributed by atoms with E-state index < -0.39 is 8.32 Å². The number of nitrogens with two attached hydrogens (primary N) is 1. The van der Waals surface area contributed by atoms with E-state index >= 15 is 0 Å². The predicted octanol–water partition coefficient (Wildman–Crippen LogP) is 6.36. The van der Waals surface area contributed by atoms with Crippen LogP contribution in [0, 0.1) is 0 Å². The summed E-state index contributed by atoms with van der Waals surface area (Å²) in [5.41, 5.74) is 6.18. The van der Waals surface area contributed by atoms with Crippen LogP contribution >= 0.6 is 0 Å². The maximum atomic E-state index is 6.73. The molecule has 0 spiro atoms. The van der Waals surface area contributed by atoms with Gasteiger partial charge in [-0.05, 0) is 21.8 Å². The first-order valence-electron chi connectivity index (χ1n) is 12.2. The third-order valence-electron chi connectivity index (χ3n) is 5.12. The lowest BCUT2D eigenvalue weighted by atomic mass is 10.2. The second-order valence-electron chi connectivity index (χ2n) is 10.0. The fourth-order valence-electron chi connectivity index (χ4n) is 3.50. The largest absolute Gasteiger partial charge is 0.406 e. The van der Waals surface area contributed by atoms with Crippen molar-refractivity contribution in [2.75, 3.05) is 6.61 Å². The Hall–Kier alpha value is -1.67. The van der Waals surface area contributed by atoms with E-state index in [1.54, 1.807) is 0 Å². The van der Waals surface area contributed by atoms with Crippen molar-refractivity contribution in [2.24, 2.45) is 5.73 Å². The van der Waals surface area contributed by atoms with Crippen molar-refractivity contribution < 1.29 is 4.43 Å². The highest BCUT2D eigenvalue weighted by molar-refractivity contribution is 6.99. The molecule has 0 unspecified atom stereocenters. The fraction of sp³-hybridized carbons (Fsp3) is 0.379. The molecular weight excluding hydrogens is 433 g/mol. The van der Waals surface area contributed by atoms with Gasteiger partial charge in [-0.25, -0.2) is 0 Å². The Labute approximate surface area is 208 Å². The highest BCUT2D eigenvalue weighted by Gasteiger charge is 2.50. The summed E-state index contributed by atoms with van der Waals surface area (Å²) < 4.78 is 6.73. The molecule has 0 radical (unpaired) electrons. The molecule has 3 rings (SSSR count). The maximum absolute atomic E-state index is 6.73. The average Bonchev–Trinajstić information content (AvgIpc) is 2.81. The molecule has 0 aliphatic heterocycles. The third-order valence-corrected chi connectivity index (χ3v) is 10.1. The van der Waals surface area contributed by atoms with Crippen molar-refractivity contribution in [2.45, 2.75) is 62.6 Å². The van der Waals surface area contributed by atoms with Gasteiger partial charge in [0.05, 0.1) is 0 Å². The standard InChI is InChI=1S/C20H29NOSi.C6H6.3CH3.Al/c1-5-17(21)16-22-23(20(2,3)4,18-12-8-6-9-13-18)19-14-10-7-11-15-19;1-2-4-6-5-3-1;;;;/h6-15,17H,5,16,21H2,1-4H3;1-6H;3*1H3;/t17-;;;;;/m0...../s1. The molecule has 2 nitrogen and oxygen atoms in total. The average molecular weight is 478 g/mol. The summed E-state index contributed by atoms with van der Waals surface area (Å²) in [6.07, 6.45) is 0.929. The molecule has 0 saturated heterocycles. The lowest BCUT2D eigenvalue weighted by Gasteiger charge is -2.43. The Balaban J connectivity index is 0.000000450. The van der Waals surface area contributed by atoms with E-state index in [0.717, 1.165) is 6.42 Å². The zero-order chi connectivity index (χ0) is 24.7. The summed E-state index contributed by atoms with van der Waals surface area (Å²) in [7, 11) is -2.41. The van der Waals surface area contributed by atoms with Crippen LogP contribution in [0.15, 0.2) is 97.1 Å². The molecule has 0 bridgehead atoms. The molecule has 0 aromatic heterocycles. The molecule has 3 aromatic carbocycles. The minimum Gasteiger partial charge on any atom is -0.406 e. The minimum absolute atomic E-state index is 0.0170. The van der Waals surface area contributed by atoms with Gasteiger partial charge in [0, 0.05) is 12.6 Å². The van der Waals surface area contributed by atoms with Gasteiger partial charge in [0.15, 0.2) is 0 Å². The van der Waals surface area contributed by atoms with E-state index in [0.29, 0.717) is 6.61 Å². The molecule has 3 aromatic rings. The Bertz CT molecular complexity index is 782. The highest BCUT2D eigenvalue weighted by atomic mass is 28.4. The van der Waals surface area contributed by atoms with Gasteiger partial charge >= 0.3 is 0 Å². The lowest BCUT2D eigenvalue weighted by Crippen LogP contribution is -2.67. The quantitative estimate of drug-likeness (QED) is 0.419. The van der Waals surface area contributed by atoms with Crippen molar-refractivity contribution in [3.8, 4) is 0 Å². The van der Waals surface area contributed by atoms with Gasteiger partial charge in [-0.2, -0.15) is 0 Å². The normalized spacial score (nSPS) is 11.9. The van der Waals surface area contributed by atoms with Crippen LogP contribution in [0.5, 0.6) is 0 Å². The van der Waals surface area contributed by atoms with E-state index in [4.69, 9.17) is 10.2 Å². The molecule has 0 heterocycles. The van der Waals surface area contributed by atoms with E-state index in [1.807, 2.05) is 36.4 Å². The first-order chi connectivity index (χ1) is 15.6. The van der Waals surface area contributed by atoms with Gasteiger partial charge in [-0.1, -0.05) is 125 Å². The van der Waals surface area contributed by atoms with Crippen LogP contribution < -0.4 is 16.1 Å². The van der Waals surface area contributed by atoms with Crippen molar-refractivity contribution >= 4 is 32.8 Å². The molecule has 0 aliphatic rings. The van der Waals surface area contributed by atoms with E-state index in [9.17, 15) is 0 Å². The van der Waals surface area contributed by atoms with Crippen molar-refractivity contribution in [3.05, 3.63) is 97.1 Å². The van der Waals surface area contributed by atoms with Crippen molar-refractivity contribution in [1.29, 1.82) is 0 Å². The topological polar surface area (TPSA) is 35.2 Å². The highest BCUT2D eigenvalue weighted by Crippen LogP contribution is 2.36. The zero-order valence-corrected chi connectivity index (χ0v) is 23.9. The third kappa shape index (κ3) is 10.0. The monoisotopic (exact) mass is 477 g/mol. The Kier molecular flexibility index (Phi) is 13.6. The molecule has 0 fully saturated rings. The van der Waals surface area contributed by atoms with E-state index in [2.05, 4.69) is 106 Å². The van der Waals surface area contributed by atoms with Crippen LogP contribution in [0.3, 0.4) is 0 Å². The van der Waals surface area contributed by atoms with Gasteiger partial charge in [-0.3, -0.25) is 0 Å². The predicted molar refractivity (Wildman–Crippen MR) is 152 cm³/mol. The van der Waals surface area contributed by atoms with Crippen molar-refractivity contribution in [3.63, 3.8) is 0 Å². The minimum atomic E-state index is -2.41. The Morgan fingerprint density at radius 2 is 1.03 bits per heavy atom. The molecule has 0 amide bonds. The molecule has 4 heteroatoms. The maximum Gasteiger partial charge on any atom is 0.261 e. The number of hydrogen-bond donors (Lipinski definition) is 1. The smallest absolute Gasteiger partial charge is 0.261 e. The van der Waals surface area contributed by atoms with Crippen LogP contribution in [-0.2, 0) is 4.43 Å². The summed E-state index contributed by atoms with van der Waals surface area (Å²) in [5.74, 6) is 6.92. The number of hydrogen-bond acceptors (Lipinski definition) is 2. The second kappa shape index (κ2) is 15.3. The Morgan fingerprint density at radius 1 is 0.727 bits per heavy atom. The summed E-state index contributed by atoms with van der Waals surface area (Å²) >= 11 is -0.139. The van der Waals surface area contributed by atoms with Crippen LogP contribution in [0.4, 0.5) is 0 Å². The molecular formula is C29H44AlNOSi. The molecule has 0 saturated carbocycles. The van der Waals surface area contributed by atoms with Gasteiger partial charge in [0.2, 0.25) is 0 Å². The van der Waals surface area contributed by atoms with Crippen LogP contribution in [0.2, 0.25) is 22.4 Å². The SMILES string of the molecule is CC[C@H](N)CO[Si](c1ccccc1)(c1ccccc1)C(C)(C)C.[CH3][Al]([CH3])[CH3].c1ccccc1. The lowest BCUT2D eigenvalue weighted by molar-refractivity contribution is 0.269. The van der Waals surface area contributed by atoms with Gasteiger partial charge in [0.25, 0.3) is 22.5 Å². The van der Waals surface area contributed by atoms with E-state index in [-0.39, 0.29) is 25.2 Å². The summed E-state index contributed by atoms with van der Waals surface area (Å²) in [6, 6.07) is 33.5. The zero-order valence-electron chi connectivity index (χ0n) is 21.8. The first-order valence-corrected chi connectivity index (χ1v) is 17.5. The van der Waals surface area contributed by atoms with E-state index in [1.165, 1.54) is 10.4 Å². The molecule has 178 valence electrons. The summed E-state index contributed by atoms with van der Waals surface area (Å²) in [4.78, 5) is 0. The van der Waals surface area contributed by atoms with Gasteiger partial charge in [0.1, 0.15) is 0 Å². The molecule has 0 aliphatic carbocycles. The first kappa shape index (κ1) is 29.4. The van der Waals surface area contributed by atoms with Crippen LogP contribution in [0.25, 0.3) is 0 Å². The fourth-order valence-corrected chi connectivity index (χ4v) is 8.12. The molecule has 1 atom stereocenters. The summed E-state index contributed by atoms with van der Waals surface area (Å²) in [6.45, 7) is 9.58. The van der Waals surface area contributed by atoms with Gasteiger partial charge < -0.3 is 10.2 Å². The molecule has 33 heavy (non-hydrogen) atoms. The summed E-state index contributed by atoms with van der Waals surface area (Å²) in [5, 5.41) is 2.63. The Morgan fingerprint density at radius 3 is 1.30 bits per heavy atom. The number of benzene rings is 3. The van der Waals surface area contributed by atoms with Crippen LogP contribution in [0.1, 0.15) is 34.1 Å².